The summed E-state index contributed by atoms with van der Waals surface area (Å²) in [6.07, 6.45) is 2.60. The Morgan fingerprint density at radius 2 is 2.11 bits per heavy atom. The maximum absolute atomic E-state index is 11.4. The Morgan fingerprint density at radius 3 is 2.79 bits per heavy atom. The lowest BCUT2D eigenvalue weighted by molar-refractivity contribution is 0.460. The SMILES string of the molecule is CS(=O)(=O)c1cccc(Oc2ccnc(NN)n2)c1. The summed E-state index contributed by atoms with van der Waals surface area (Å²) in [4.78, 5) is 7.97. The fourth-order valence-electron chi connectivity index (χ4n) is 1.36. The first-order valence-electron chi connectivity index (χ1n) is 5.27. The summed E-state index contributed by atoms with van der Waals surface area (Å²) >= 11 is 0. The van der Waals surface area contributed by atoms with E-state index in [1.807, 2.05) is 0 Å². The van der Waals surface area contributed by atoms with Crippen LogP contribution in [0.4, 0.5) is 5.95 Å². The molecule has 0 aliphatic carbocycles. The van der Waals surface area contributed by atoms with Crippen molar-refractivity contribution in [2.24, 2.45) is 5.84 Å². The maximum atomic E-state index is 11.4. The standard InChI is InChI=1S/C11H12N4O3S/c1-19(16,17)9-4-2-3-8(7-9)18-10-5-6-13-11(14-10)15-12/h2-7H,12H2,1H3,(H,13,14,15). The first-order valence-corrected chi connectivity index (χ1v) is 7.16. The van der Waals surface area contributed by atoms with Crippen LogP contribution >= 0.6 is 0 Å². The number of nitrogens with one attached hydrogen (secondary N) is 1. The molecule has 0 unspecified atom stereocenters. The molecular weight excluding hydrogens is 268 g/mol. The molecule has 2 rings (SSSR count). The van der Waals surface area contributed by atoms with Gasteiger partial charge >= 0.3 is 0 Å². The predicted octanol–water partition coefficient (Wildman–Crippen LogP) is 0.958. The minimum absolute atomic E-state index is 0.177. The molecule has 8 heteroatoms. The number of anilines is 1. The lowest BCUT2D eigenvalue weighted by Gasteiger charge is -2.06. The van der Waals surface area contributed by atoms with Gasteiger partial charge in [0, 0.05) is 18.5 Å². The predicted molar refractivity (Wildman–Crippen MR) is 69.5 cm³/mol. The number of ether oxygens (including phenoxy) is 1. The number of hydrogen-bond donors (Lipinski definition) is 2. The van der Waals surface area contributed by atoms with Gasteiger partial charge in [0.1, 0.15) is 5.75 Å². The van der Waals surface area contributed by atoms with E-state index in [2.05, 4.69) is 15.4 Å². The summed E-state index contributed by atoms with van der Waals surface area (Å²) in [6, 6.07) is 7.68. The van der Waals surface area contributed by atoms with Crippen LogP contribution < -0.4 is 16.0 Å². The fraction of sp³-hybridized carbons (Fsp3) is 0.0909. The zero-order valence-corrected chi connectivity index (χ0v) is 10.9. The van der Waals surface area contributed by atoms with Gasteiger partial charge in [-0.25, -0.2) is 19.2 Å². The molecule has 19 heavy (non-hydrogen) atoms. The molecule has 0 saturated carbocycles. The van der Waals surface area contributed by atoms with Crippen molar-refractivity contribution < 1.29 is 13.2 Å². The number of nitrogens with zero attached hydrogens (tertiary/aromatic N) is 2. The summed E-state index contributed by atoms with van der Waals surface area (Å²) in [5.41, 5.74) is 2.29. The summed E-state index contributed by atoms with van der Waals surface area (Å²) in [6.45, 7) is 0. The smallest absolute Gasteiger partial charge is 0.240 e. The van der Waals surface area contributed by atoms with Crippen molar-refractivity contribution in [3.8, 4) is 11.6 Å². The average Bonchev–Trinajstić information content (AvgIpc) is 2.38. The molecule has 0 radical (unpaired) electrons. The van der Waals surface area contributed by atoms with E-state index in [0.29, 0.717) is 5.75 Å². The number of nitrogen functional groups attached to an aromatic ring is 1. The monoisotopic (exact) mass is 280 g/mol. The second kappa shape index (κ2) is 5.21. The molecule has 0 spiro atoms. The van der Waals surface area contributed by atoms with Gasteiger partial charge in [-0.05, 0) is 18.2 Å². The molecule has 0 amide bonds. The van der Waals surface area contributed by atoms with Crippen LogP contribution in [0.3, 0.4) is 0 Å². The van der Waals surface area contributed by atoms with Crippen molar-refractivity contribution >= 4 is 15.8 Å². The molecule has 0 saturated heterocycles. The van der Waals surface area contributed by atoms with Crippen molar-refractivity contribution in [1.29, 1.82) is 0 Å². The van der Waals surface area contributed by atoms with E-state index in [1.54, 1.807) is 12.1 Å². The van der Waals surface area contributed by atoms with Crippen LogP contribution in [0.2, 0.25) is 0 Å². The quantitative estimate of drug-likeness (QED) is 0.634. The summed E-state index contributed by atoms with van der Waals surface area (Å²) in [7, 11) is -3.28. The molecule has 0 aliphatic rings. The topological polar surface area (TPSA) is 107 Å². The lowest BCUT2D eigenvalue weighted by atomic mass is 10.3. The van der Waals surface area contributed by atoms with Gasteiger partial charge in [0.2, 0.25) is 11.8 Å². The van der Waals surface area contributed by atoms with E-state index in [-0.39, 0.29) is 16.7 Å². The third kappa shape index (κ3) is 3.39. The van der Waals surface area contributed by atoms with Gasteiger partial charge in [-0.2, -0.15) is 4.98 Å². The molecule has 7 nitrogen and oxygen atoms in total. The van der Waals surface area contributed by atoms with Gasteiger partial charge in [0.05, 0.1) is 4.90 Å². The second-order valence-corrected chi connectivity index (χ2v) is 5.73. The molecule has 0 aliphatic heterocycles. The maximum Gasteiger partial charge on any atom is 0.240 e. The molecule has 0 fully saturated rings. The normalized spacial score (nSPS) is 11.1. The van der Waals surface area contributed by atoms with E-state index in [1.165, 1.54) is 24.4 Å². The van der Waals surface area contributed by atoms with Gasteiger partial charge in [-0.1, -0.05) is 6.07 Å². The molecule has 3 N–H and O–H groups in total. The van der Waals surface area contributed by atoms with Crippen molar-refractivity contribution in [3.05, 3.63) is 36.5 Å². The van der Waals surface area contributed by atoms with Crippen LogP contribution in [-0.2, 0) is 9.84 Å². The Labute approximate surface area is 110 Å². The summed E-state index contributed by atoms with van der Waals surface area (Å²) in [5, 5.41) is 0. The van der Waals surface area contributed by atoms with Crippen molar-refractivity contribution in [2.75, 3.05) is 11.7 Å². The van der Waals surface area contributed by atoms with Crippen LogP contribution in [0, 0.1) is 0 Å². The highest BCUT2D eigenvalue weighted by Crippen LogP contribution is 2.22. The highest BCUT2D eigenvalue weighted by molar-refractivity contribution is 7.90. The van der Waals surface area contributed by atoms with E-state index in [9.17, 15) is 8.42 Å². The molecular formula is C11H12N4O3S. The third-order valence-corrected chi connectivity index (χ3v) is 3.33. The molecule has 2 aromatic rings. The van der Waals surface area contributed by atoms with E-state index in [0.717, 1.165) is 6.26 Å². The number of nitrogens with two attached hydrogens (primary N) is 1. The number of hydrazine groups is 1. The lowest BCUT2D eigenvalue weighted by Crippen LogP contribution is -2.10. The van der Waals surface area contributed by atoms with Crippen molar-refractivity contribution in [2.45, 2.75) is 4.90 Å². The number of hydrogen-bond acceptors (Lipinski definition) is 7. The molecule has 1 aromatic heterocycles. The Bertz CT molecular complexity index is 688. The van der Waals surface area contributed by atoms with Crippen molar-refractivity contribution in [1.82, 2.24) is 9.97 Å². The number of sulfone groups is 1. The van der Waals surface area contributed by atoms with Gasteiger partial charge in [0.15, 0.2) is 9.84 Å². The first kappa shape index (κ1) is 13.2. The zero-order chi connectivity index (χ0) is 13.9. The van der Waals surface area contributed by atoms with Crippen LogP contribution in [0.25, 0.3) is 0 Å². The van der Waals surface area contributed by atoms with Gasteiger partial charge in [-0.3, -0.25) is 5.43 Å². The van der Waals surface area contributed by atoms with E-state index >= 15 is 0 Å². The van der Waals surface area contributed by atoms with E-state index < -0.39 is 9.84 Å². The Hall–Kier alpha value is -2.19. The number of aromatic nitrogens is 2. The highest BCUT2D eigenvalue weighted by Gasteiger charge is 2.08. The van der Waals surface area contributed by atoms with E-state index in [4.69, 9.17) is 10.6 Å². The van der Waals surface area contributed by atoms with Gasteiger partial charge in [-0.15, -0.1) is 0 Å². The van der Waals surface area contributed by atoms with Crippen LogP contribution in [0.15, 0.2) is 41.4 Å². The minimum atomic E-state index is -3.28. The number of benzene rings is 1. The van der Waals surface area contributed by atoms with Crippen molar-refractivity contribution in [3.63, 3.8) is 0 Å². The van der Waals surface area contributed by atoms with Gasteiger partial charge in [0.25, 0.3) is 0 Å². The Kier molecular flexibility index (Phi) is 3.63. The third-order valence-electron chi connectivity index (χ3n) is 2.22. The minimum Gasteiger partial charge on any atom is -0.439 e. The molecule has 100 valence electrons. The summed E-state index contributed by atoms with van der Waals surface area (Å²) < 4.78 is 28.3. The van der Waals surface area contributed by atoms with Gasteiger partial charge < -0.3 is 4.74 Å². The number of rotatable bonds is 4. The highest BCUT2D eigenvalue weighted by atomic mass is 32.2. The largest absolute Gasteiger partial charge is 0.439 e. The Balaban J connectivity index is 2.28. The van der Waals surface area contributed by atoms with Crippen LogP contribution in [-0.4, -0.2) is 24.6 Å². The molecule has 1 heterocycles. The zero-order valence-electron chi connectivity index (χ0n) is 10.1. The van der Waals surface area contributed by atoms with Crippen LogP contribution in [0.1, 0.15) is 0 Å². The van der Waals surface area contributed by atoms with Crippen LogP contribution in [0.5, 0.6) is 11.6 Å². The fourth-order valence-corrected chi connectivity index (χ4v) is 2.01. The second-order valence-electron chi connectivity index (χ2n) is 3.71. The molecule has 0 atom stereocenters. The molecule has 1 aromatic carbocycles. The molecule has 0 bridgehead atoms. The average molecular weight is 280 g/mol. The first-order chi connectivity index (χ1) is 8.99. The summed E-state index contributed by atoms with van der Waals surface area (Å²) in [5.74, 6) is 6.01. The Morgan fingerprint density at radius 1 is 1.32 bits per heavy atom.